The number of nitrogens with zero attached hydrogens (tertiary/aromatic N) is 3. The van der Waals surface area contributed by atoms with Gasteiger partial charge in [-0.15, -0.1) is 0 Å². The van der Waals surface area contributed by atoms with E-state index in [1.807, 2.05) is 33.8 Å². The smallest absolute Gasteiger partial charge is 0.256 e. The molecule has 0 aromatic carbocycles. The molecule has 0 saturated heterocycles. The van der Waals surface area contributed by atoms with Crippen LogP contribution in [0.5, 0.6) is 0 Å². The summed E-state index contributed by atoms with van der Waals surface area (Å²) in [5.74, 6) is -0.168. The van der Waals surface area contributed by atoms with Gasteiger partial charge in [-0.2, -0.15) is 5.10 Å². The van der Waals surface area contributed by atoms with E-state index in [0.717, 1.165) is 11.4 Å². The Bertz CT molecular complexity index is 633. The predicted octanol–water partition coefficient (Wildman–Crippen LogP) is 1.09. The maximum absolute atomic E-state index is 12.2. The van der Waals surface area contributed by atoms with Crippen LogP contribution in [0.2, 0.25) is 0 Å². The third-order valence-electron chi connectivity index (χ3n) is 3.26. The molecule has 0 aliphatic heterocycles. The van der Waals surface area contributed by atoms with Crippen molar-refractivity contribution < 1.29 is 9.90 Å². The number of carbonyl (C=O) groups is 1. The van der Waals surface area contributed by atoms with Crippen molar-refractivity contribution in [2.24, 2.45) is 5.92 Å². The highest BCUT2D eigenvalue weighted by Gasteiger charge is 2.17. The monoisotopic (exact) mass is 276 g/mol. The Morgan fingerprint density at radius 2 is 2.15 bits per heavy atom. The Kier molecular flexibility index (Phi) is 4.04. The van der Waals surface area contributed by atoms with Crippen molar-refractivity contribution in [2.45, 2.75) is 33.8 Å². The second-order valence-electron chi connectivity index (χ2n) is 5.35. The second kappa shape index (κ2) is 5.58. The minimum absolute atomic E-state index is 0.0989. The molecule has 2 aromatic heterocycles. The lowest BCUT2D eigenvalue weighted by atomic mass is 10.1. The summed E-state index contributed by atoms with van der Waals surface area (Å²) in [6, 6.07) is 1.91. The molecule has 2 heterocycles. The molecule has 0 bridgehead atoms. The molecule has 108 valence electrons. The van der Waals surface area contributed by atoms with Crippen molar-refractivity contribution in [1.29, 1.82) is 0 Å². The number of carbonyl (C=O) groups excluding carboxylic acids is 1. The summed E-state index contributed by atoms with van der Waals surface area (Å²) in [7, 11) is 0. The SMILES string of the molecule is Cc1cc(C)n2ncc(C(=O)NCC(O)C(C)C)c2n1. The number of aliphatic hydroxyl groups is 1. The van der Waals surface area contributed by atoms with Gasteiger partial charge in [0, 0.05) is 17.9 Å². The van der Waals surface area contributed by atoms with Crippen molar-refractivity contribution >= 4 is 11.6 Å². The number of fused-ring (bicyclic) bond motifs is 1. The lowest BCUT2D eigenvalue weighted by Gasteiger charge is -2.14. The normalized spacial score (nSPS) is 12.9. The van der Waals surface area contributed by atoms with Crippen molar-refractivity contribution in [1.82, 2.24) is 19.9 Å². The molecule has 0 fully saturated rings. The fourth-order valence-electron chi connectivity index (χ4n) is 1.96. The topological polar surface area (TPSA) is 79.5 Å². The molecule has 0 aliphatic rings. The highest BCUT2D eigenvalue weighted by Crippen LogP contribution is 2.12. The zero-order valence-electron chi connectivity index (χ0n) is 12.2. The summed E-state index contributed by atoms with van der Waals surface area (Å²) >= 11 is 0. The number of amides is 1. The first-order valence-corrected chi connectivity index (χ1v) is 6.68. The van der Waals surface area contributed by atoms with Gasteiger partial charge in [-0.05, 0) is 25.8 Å². The van der Waals surface area contributed by atoms with E-state index in [4.69, 9.17) is 0 Å². The van der Waals surface area contributed by atoms with Crippen LogP contribution < -0.4 is 5.32 Å². The number of aliphatic hydroxyl groups excluding tert-OH is 1. The Balaban J connectivity index is 2.23. The van der Waals surface area contributed by atoms with Crippen LogP contribution in [-0.4, -0.2) is 38.3 Å². The van der Waals surface area contributed by atoms with Gasteiger partial charge < -0.3 is 10.4 Å². The fraction of sp³-hybridized carbons (Fsp3) is 0.500. The van der Waals surface area contributed by atoms with Gasteiger partial charge in [0.2, 0.25) is 0 Å². The molecule has 1 atom stereocenters. The number of rotatable bonds is 4. The molecule has 1 amide bonds. The number of hydrogen-bond donors (Lipinski definition) is 2. The van der Waals surface area contributed by atoms with E-state index in [1.165, 1.54) is 6.20 Å². The average Bonchev–Trinajstić information content (AvgIpc) is 2.79. The minimum Gasteiger partial charge on any atom is -0.391 e. The Morgan fingerprint density at radius 3 is 2.80 bits per heavy atom. The van der Waals surface area contributed by atoms with Crippen LogP contribution in [0.1, 0.15) is 35.6 Å². The molecule has 2 rings (SSSR count). The summed E-state index contributed by atoms with van der Waals surface area (Å²) in [5, 5.41) is 16.6. The summed E-state index contributed by atoms with van der Waals surface area (Å²) in [6.07, 6.45) is 0.948. The van der Waals surface area contributed by atoms with Gasteiger partial charge in [0.05, 0.1) is 12.3 Å². The minimum atomic E-state index is -0.558. The van der Waals surface area contributed by atoms with Gasteiger partial charge in [-0.3, -0.25) is 4.79 Å². The second-order valence-corrected chi connectivity index (χ2v) is 5.35. The number of nitrogens with one attached hydrogen (secondary N) is 1. The molecule has 1 unspecified atom stereocenters. The van der Waals surface area contributed by atoms with Crippen molar-refractivity contribution in [3.63, 3.8) is 0 Å². The third-order valence-corrected chi connectivity index (χ3v) is 3.26. The van der Waals surface area contributed by atoms with Crippen molar-refractivity contribution in [3.05, 3.63) is 29.2 Å². The van der Waals surface area contributed by atoms with Crippen molar-refractivity contribution in [3.8, 4) is 0 Å². The first-order valence-electron chi connectivity index (χ1n) is 6.68. The Hall–Kier alpha value is -1.95. The van der Waals surface area contributed by atoms with Gasteiger partial charge in [-0.25, -0.2) is 9.50 Å². The molecule has 20 heavy (non-hydrogen) atoms. The molecule has 0 saturated carbocycles. The molecule has 2 N–H and O–H groups in total. The molecule has 6 heteroatoms. The van der Waals surface area contributed by atoms with Crippen molar-refractivity contribution in [2.75, 3.05) is 6.54 Å². The standard InChI is InChI=1S/C14H20N4O2/c1-8(2)12(19)7-15-14(20)11-6-16-18-10(4)5-9(3)17-13(11)18/h5-6,8,12,19H,7H2,1-4H3,(H,15,20). The van der Waals surface area contributed by atoms with Gasteiger partial charge in [0.15, 0.2) is 5.65 Å². The molecule has 0 spiro atoms. The van der Waals surface area contributed by atoms with Crippen LogP contribution in [0, 0.1) is 19.8 Å². The first kappa shape index (κ1) is 14.5. The first-order chi connectivity index (χ1) is 9.40. The van der Waals surface area contributed by atoms with Crippen LogP contribution in [0.4, 0.5) is 0 Å². The van der Waals surface area contributed by atoms with E-state index in [-0.39, 0.29) is 18.4 Å². The quantitative estimate of drug-likeness (QED) is 0.876. The lowest BCUT2D eigenvalue weighted by Crippen LogP contribution is -2.34. The van der Waals surface area contributed by atoms with Gasteiger partial charge in [0.1, 0.15) is 5.56 Å². The summed E-state index contributed by atoms with van der Waals surface area (Å²) < 4.78 is 1.64. The lowest BCUT2D eigenvalue weighted by molar-refractivity contribution is 0.0873. The summed E-state index contributed by atoms with van der Waals surface area (Å²) in [5.41, 5.74) is 2.73. The van der Waals surface area contributed by atoms with E-state index < -0.39 is 6.10 Å². The van der Waals surface area contributed by atoms with E-state index in [1.54, 1.807) is 4.52 Å². The largest absolute Gasteiger partial charge is 0.391 e. The van der Waals surface area contributed by atoms with Crippen LogP contribution in [-0.2, 0) is 0 Å². The Morgan fingerprint density at radius 1 is 1.45 bits per heavy atom. The number of aromatic nitrogens is 3. The molecule has 0 radical (unpaired) electrons. The molecule has 0 aliphatic carbocycles. The number of aryl methyl sites for hydroxylation is 2. The third kappa shape index (κ3) is 2.80. The van der Waals surface area contributed by atoms with Gasteiger partial charge in [-0.1, -0.05) is 13.8 Å². The predicted molar refractivity (Wildman–Crippen MR) is 75.6 cm³/mol. The fourth-order valence-corrected chi connectivity index (χ4v) is 1.96. The van der Waals surface area contributed by atoms with Gasteiger partial charge >= 0.3 is 0 Å². The van der Waals surface area contributed by atoms with Crippen LogP contribution in [0.15, 0.2) is 12.3 Å². The molecular weight excluding hydrogens is 256 g/mol. The van der Waals surface area contributed by atoms with Crippen LogP contribution in [0.3, 0.4) is 0 Å². The van der Waals surface area contributed by atoms with E-state index >= 15 is 0 Å². The Labute approximate surface area is 117 Å². The molecule has 2 aromatic rings. The number of hydrogen-bond acceptors (Lipinski definition) is 4. The summed E-state index contributed by atoms with van der Waals surface area (Å²) in [6.45, 7) is 7.82. The summed E-state index contributed by atoms with van der Waals surface area (Å²) in [4.78, 5) is 16.5. The zero-order chi connectivity index (χ0) is 14.9. The molecule has 6 nitrogen and oxygen atoms in total. The highest BCUT2D eigenvalue weighted by atomic mass is 16.3. The average molecular weight is 276 g/mol. The van der Waals surface area contributed by atoms with E-state index in [9.17, 15) is 9.90 Å². The van der Waals surface area contributed by atoms with Crippen LogP contribution >= 0.6 is 0 Å². The van der Waals surface area contributed by atoms with Gasteiger partial charge in [0.25, 0.3) is 5.91 Å². The van der Waals surface area contributed by atoms with E-state index in [2.05, 4.69) is 15.4 Å². The highest BCUT2D eigenvalue weighted by molar-refractivity contribution is 5.99. The maximum Gasteiger partial charge on any atom is 0.256 e. The zero-order valence-corrected chi connectivity index (χ0v) is 12.2. The van der Waals surface area contributed by atoms with Crippen LogP contribution in [0.25, 0.3) is 5.65 Å². The van der Waals surface area contributed by atoms with E-state index in [0.29, 0.717) is 11.2 Å². The maximum atomic E-state index is 12.2. The molecular formula is C14H20N4O2.